The first-order valence-corrected chi connectivity index (χ1v) is 12.0. The van der Waals surface area contributed by atoms with Gasteiger partial charge in [0.2, 0.25) is 0 Å². The second-order valence-electron chi connectivity index (χ2n) is 8.13. The van der Waals surface area contributed by atoms with Gasteiger partial charge in [0, 0.05) is 54.9 Å². The van der Waals surface area contributed by atoms with Crippen LogP contribution in [0.2, 0.25) is 0 Å². The van der Waals surface area contributed by atoms with E-state index < -0.39 is 10.2 Å². The molecule has 30 heavy (non-hydrogen) atoms. The Labute approximate surface area is 179 Å². The molecule has 2 saturated heterocycles. The molecule has 0 radical (unpaired) electrons. The molecule has 4 rings (SSSR count). The highest BCUT2D eigenvalue weighted by Gasteiger charge is 2.35. The molecule has 7 nitrogen and oxygen atoms in total. The van der Waals surface area contributed by atoms with Gasteiger partial charge in [-0.3, -0.25) is 4.98 Å². The zero-order chi connectivity index (χ0) is 21.1. The summed E-state index contributed by atoms with van der Waals surface area (Å²) >= 11 is 0. The highest BCUT2D eigenvalue weighted by molar-refractivity contribution is 7.86. The van der Waals surface area contributed by atoms with Crippen molar-refractivity contribution < 1.29 is 13.2 Å². The zero-order valence-corrected chi connectivity index (χ0v) is 18.5. The minimum absolute atomic E-state index is 0.0908. The van der Waals surface area contributed by atoms with Crippen molar-refractivity contribution in [1.29, 1.82) is 0 Å². The van der Waals surface area contributed by atoms with Crippen LogP contribution in [0.3, 0.4) is 0 Å². The van der Waals surface area contributed by atoms with Gasteiger partial charge in [-0.15, -0.1) is 0 Å². The van der Waals surface area contributed by atoms with Gasteiger partial charge in [0.1, 0.15) is 0 Å². The first kappa shape index (κ1) is 21.2. The molecule has 0 aliphatic carbocycles. The molecule has 162 valence electrons. The second kappa shape index (κ2) is 9.01. The maximum atomic E-state index is 13.1. The summed E-state index contributed by atoms with van der Waals surface area (Å²) in [6.07, 6.45) is 1.78. The molecule has 0 amide bonds. The first-order valence-electron chi connectivity index (χ1n) is 10.6. The SMILES string of the molecule is Cc1ccc(Nc2cc(C)nc(C3CCCN(S(=O)(=O)N4CCOCC4)C3)c2)cc1. The van der Waals surface area contributed by atoms with E-state index in [0.717, 1.165) is 35.6 Å². The van der Waals surface area contributed by atoms with Gasteiger partial charge in [0.05, 0.1) is 13.2 Å². The topological polar surface area (TPSA) is 74.8 Å². The molecule has 1 N–H and O–H groups in total. The van der Waals surface area contributed by atoms with Crippen molar-refractivity contribution in [3.05, 3.63) is 53.3 Å². The molecule has 1 aromatic carbocycles. The Morgan fingerprint density at radius 2 is 1.73 bits per heavy atom. The number of hydrogen-bond acceptors (Lipinski definition) is 5. The molecule has 2 fully saturated rings. The fourth-order valence-corrected chi connectivity index (χ4v) is 5.78. The van der Waals surface area contributed by atoms with E-state index in [2.05, 4.69) is 42.6 Å². The maximum absolute atomic E-state index is 13.1. The van der Waals surface area contributed by atoms with Crippen LogP contribution in [0.25, 0.3) is 0 Å². The van der Waals surface area contributed by atoms with E-state index in [4.69, 9.17) is 9.72 Å². The summed E-state index contributed by atoms with van der Waals surface area (Å²) in [5.74, 6) is 0.0908. The number of benzene rings is 1. The van der Waals surface area contributed by atoms with Crippen LogP contribution >= 0.6 is 0 Å². The lowest BCUT2D eigenvalue weighted by molar-refractivity contribution is 0.0695. The average Bonchev–Trinajstić information content (AvgIpc) is 2.76. The number of nitrogens with one attached hydrogen (secondary N) is 1. The number of aryl methyl sites for hydroxylation is 2. The molecule has 0 bridgehead atoms. The predicted molar refractivity (Wildman–Crippen MR) is 118 cm³/mol. The monoisotopic (exact) mass is 430 g/mol. The number of anilines is 2. The number of aromatic nitrogens is 1. The Balaban J connectivity index is 1.51. The van der Waals surface area contributed by atoms with Gasteiger partial charge in [-0.25, -0.2) is 0 Å². The number of hydrogen-bond donors (Lipinski definition) is 1. The lowest BCUT2D eigenvalue weighted by atomic mass is 9.95. The van der Waals surface area contributed by atoms with Gasteiger partial charge < -0.3 is 10.1 Å². The molecule has 1 unspecified atom stereocenters. The molecule has 1 atom stereocenters. The van der Waals surface area contributed by atoms with E-state index in [1.165, 1.54) is 5.56 Å². The summed E-state index contributed by atoms with van der Waals surface area (Å²) in [5, 5.41) is 3.45. The highest BCUT2D eigenvalue weighted by atomic mass is 32.2. The van der Waals surface area contributed by atoms with E-state index in [1.807, 2.05) is 13.0 Å². The van der Waals surface area contributed by atoms with Gasteiger partial charge in [-0.1, -0.05) is 17.7 Å². The standard InChI is InChI=1S/C22H30N4O3S/c1-17-5-7-20(8-6-17)24-21-14-18(2)23-22(15-21)19-4-3-9-26(16-19)30(27,28)25-10-12-29-13-11-25/h5-8,14-15,19H,3-4,9-13,16H2,1-2H3,(H,23,24). The molecule has 8 heteroatoms. The predicted octanol–water partition coefficient (Wildman–Crippen LogP) is 3.20. The van der Waals surface area contributed by atoms with E-state index in [-0.39, 0.29) is 5.92 Å². The number of nitrogens with zero attached hydrogens (tertiary/aromatic N) is 3. The van der Waals surface area contributed by atoms with Crippen LogP contribution < -0.4 is 5.32 Å². The second-order valence-corrected chi connectivity index (χ2v) is 10.1. The zero-order valence-electron chi connectivity index (χ0n) is 17.7. The third kappa shape index (κ3) is 4.83. The van der Waals surface area contributed by atoms with Crippen LogP contribution in [-0.4, -0.2) is 61.4 Å². The average molecular weight is 431 g/mol. The van der Waals surface area contributed by atoms with E-state index >= 15 is 0 Å². The third-order valence-electron chi connectivity index (χ3n) is 5.74. The Morgan fingerprint density at radius 1 is 1.00 bits per heavy atom. The summed E-state index contributed by atoms with van der Waals surface area (Å²) < 4.78 is 34.7. The van der Waals surface area contributed by atoms with Crippen molar-refractivity contribution in [2.45, 2.75) is 32.6 Å². The molecule has 3 heterocycles. The molecule has 0 spiro atoms. The largest absolute Gasteiger partial charge is 0.379 e. The van der Waals surface area contributed by atoms with Crippen LogP contribution in [0.15, 0.2) is 36.4 Å². The van der Waals surface area contributed by atoms with Crippen molar-refractivity contribution in [1.82, 2.24) is 13.6 Å². The van der Waals surface area contributed by atoms with Gasteiger partial charge in [0.25, 0.3) is 10.2 Å². The summed E-state index contributed by atoms with van der Waals surface area (Å²) in [6.45, 7) is 6.87. The van der Waals surface area contributed by atoms with Crippen LogP contribution in [-0.2, 0) is 14.9 Å². The van der Waals surface area contributed by atoms with Gasteiger partial charge in [0.15, 0.2) is 0 Å². The van der Waals surface area contributed by atoms with Crippen LogP contribution in [0, 0.1) is 13.8 Å². The van der Waals surface area contributed by atoms with E-state index in [1.54, 1.807) is 8.61 Å². The summed E-state index contributed by atoms with van der Waals surface area (Å²) in [6, 6.07) is 12.3. The van der Waals surface area contributed by atoms with Gasteiger partial charge in [-0.05, 0) is 51.0 Å². The van der Waals surface area contributed by atoms with Gasteiger partial charge >= 0.3 is 0 Å². The van der Waals surface area contributed by atoms with Crippen LogP contribution in [0.1, 0.15) is 35.7 Å². The molecule has 1 aromatic heterocycles. The Kier molecular flexibility index (Phi) is 6.38. The molecule has 2 aliphatic heterocycles. The lowest BCUT2D eigenvalue weighted by Crippen LogP contribution is -2.51. The van der Waals surface area contributed by atoms with Crippen molar-refractivity contribution in [3.8, 4) is 0 Å². The summed E-state index contributed by atoms with van der Waals surface area (Å²) in [4.78, 5) is 4.75. The normalized spacial score (nSPS) is 21.5. The first-order chi connectivity index (χ1) is 14.4. The highest BCUT2D eigenvalue weighted by Crippen LogP contribution is 2.30. The van der Waals surface area contributed by atoms with Gasteiger partial charge in [-0.2, -0.15) is 17.0 Å². The Morgan fingerprint density at radius 3 is 2.47 bits per heavy atom. The fourth-order valence-electron chi connectivity index (χ4n) is 4.11. The molecule has 0 saturated carbocycles. The molecular weight excluding hydrogens is 400 g/mol. The minimum atomic E-state index is -3.46. The van der Waals surface area contributed by atoms with Crippen LogP contribution in [0.5, 0.6) is 0 Å². The third-order valence-corrected chi connectivity index (χ3v) is 7.74. The minimum Gasteiger partial charge on any atom is -0.379 e. The quantitative estimate of drug-likeness (QED) is 0.789. The summed E-state index contributed by atoms with van der Waals surface area (Å²) in [7, 11) is -3.46. The Bertz CT molecular complexity index is 972. The number of rotatable bonds is 5. The molecule has 2 aliphatic rings. The Hall–Kier alpha value is -2.00. The molecular formula is C22H30N4O3S. The van der Waals surface area contributed by atoms with E-state index in [9.17, 15) is 8.42 Å². The van der Waals surface area contributed by atoms with Crippen LogP contribution in [0.4, 0.5) is 11.4 Å². The fraction of sp³-hybridized carbons (Fsp3) is 0.500. The number of pyridine rings is 1. The van der Waals surface area contributed by atoms with Crippen molar-refractivity contribution in [3.63, 3.8) is 0 Å². The number of ether oxygens (including phenoxy) is 1. The number of piperidine rings is 1. The van der Waals surface area contributed by atoms with Crippen molar-refractivity contribution >= 4 is 21.6 Å². The summed E-state index contributed by atoms with van der Waals surface area (Å²) in [5.41, 5.74) is 5.10. The lowest BCUT2D eigenvalue weighted by Gasteiger charge is -2.36. The van der Waals surface area contributed by atoms with Crippen molar-refractivity contribution in [2.24, 2.45) is 0 Å². The van der Waals surface area contributed by atoms with Crippen molar-refractivity contribution in [2.75, 3.05) is 44.7 Å². The molecule has 2 aromatic rings. The number of morpholine rings is 1. The van der Waals surface area contributed by atoms with E-state index in [0.29, 0.717) is 39.4 Å². The maximum Gasteiger partial charge on any atom is 0.282 e. The smallest absolute Gasteiger partial charge is 0.282 e.